The Morgan fingerprint density at radius 3 is 2.84 bits per heavy atom. The van der Waals surface area contributed by atoms with Gasteiger partial charge < -0.3 is 10.4 Å². The molecular weight excluding hydrogens is 312 g/mol. The summed E-state index contributed by atoms with van der Waals surface area (Å²) in [6.07, 6.45) is -1.20. The predicted molar refractivity (Wildman–Crippen MR) is 70.3 cm³/mol. The Bertz CT molecular complexity index is 636. The van der Waals surface area contributed by atoms with Crippen LogP contribution in [-0.2, 0) is 10.0 Å². The Hall–Kier alpha value is -1.10. The number of hydrogen-bond acceptors (Lipinski definition) is 6. The van der Waals surface area contributed by atoms with Crippen LogP contribution in [0.4, 0.5) is 4.79 Å². The van der Waals surface area contributed by atoms with Gasteiger partial charge >= 0.3 is 6.09 Å². The number of hydrogen-bond donors (Lipinski definition) is 3. The van der Waals surface area contributed by atoms with Gasteiger partial charge in [-0.3, -0.25) is 4.79 Å². The number of amides is 1. The number of primary sulfonamides is 1. The molecule has 1 aromatic rings. The fraction of sp³-hybridized carbons (Fsp3) is 0.333. The van der Waals surface area contributed by atoms with E-state index in [1.165, 1.54) is 17.8 Å². The van der Waals surface area contributed by atoms with Gasteiger partial charge in [-0.05, 0) is 6.07 Å². The SMILES string of the molecule is NS(=O)(=O)c1cc2c(s1)SCC(CNC(=O)O)C2=O. The summed E-state index contributed by atoms with van der Waals surface area (Å²) in [6, 6.07) is 1.26. The number of ketones is 1. The Labute approximate surface area is 117 Å². The van der Waals surface area contributed by atoms with Gasteiger partial charge in [0.05, 0.1) is 4.21 Å². The van der Waals surface area contributed by atoms with Crippen LogP contribution in [0.2, 0.25) is 0 Å². The van der Waals surface area contributed by atoms with Crippen LogP contribution < -0.4 is 10.5 Å². The molecule has 0 bridgehead atoms. The molecule has 0 saturated heterocycles. The molecule has 10 heteroatoms. The van der Waals surface area contributed by atoms with Gasteiger partial charge in [-0.15, -0.1) is 23.1 Å². The van der Waals surface area contributed by atoms with Crippen LogP contribution in [0.15, 0.2) is 14.5 Å². The summed E-state index contributed by atoms with van der Waals surface area (Å²) in [6.45, 7) is 0.0150. The van der Waals surface area contributed by atoms with Crippen LogP contribution >= 0.6 is 23.1 Å². The molecule has 1 aliphatic rings. The molecule has 0 spiro atoms. The van der Waals surface area contributed by atoms with Gasteiger partial charge in [-0.1, -0.05) is 0 Å². The average Bonchev–Trinajstić information content (AvgIpc) is 2.72. The van der Waals surface area contributed by atoms with Gasteiger partial charge in [-0.2, -0.15) is 0 Å². The second-order valence-corrected chi connectivity index (χ2v) is 8.00. The third-order valence-corrected chi connectivity index (χ3v) is 6.51. The summed E-state index contributed by atoms with van der Waals surface area (Å²) in [7, 11) is -3.82. The zero-order chi connectivity index (χ0) is 14.2. The molecule has 19 heavy (non-hydrogen) atoms. The number of fused-ring (bicyclic) bond motifs is 1. The Morgan fingerprint density at radius 1 is 1.58 bits per heavy atom. The maximum Gasteiger partial charge on any atom is 0.404 e. The van der Waals surface area contributed by atoms with Crippen LogP contribution in [0, 0.1) is 5.92 Å². The lowest BCUT2D eigenvalue weighted by Gasteiger charge is -2.19. The number of sulfonamides is 1. The molecule has 2 rings (SSSR count). The molecule has 1 atom stereocenters. The second-order valence-electron chi connectivity index (χ2n) is 3.87. The number of thioether (sulfide) groups is 1. The summed E-state index contributed by atoms with van der Waals surface area (Å²) < 4.78 is 23.0. The van der Waals surface area contributed by atoms with Crippen LogP contribution in [0.1, 0.15) is 10.4 Å². The highest BCUT2D eigenvalue weighted by Crippen LogP contribution is 2.40. The van der Waals surface area contributed by atoms with E-state index in [-0.39, 0.29) is 16.5 Å². The summed E-state index contributed by atoms with van der Waals surface area (Å²) in [5, 5.41) is 15.7. The van der Waals surface area contributed by atoms with E-state index < -0.39 is 22.0 Å². The van der Waals surface area contributed by atoms with Gasteiger partial charge in [-0.25, -0.2) is 18.4 Å². The fourth-order valence-electron chi connectivity index (χ4n) is 1.61. The quantitative estimate of drug-likeness (QED) is 0.746. The first-order valence-corrected chi connectivity index (χ1v) is 8.44. The van der Waals surface area contributed by atoms with E-state index in [1.54, 1.807) is 0 Å². The number of carbonyl (C=O) groups excluding carboxylic acids is 1. The van der Waals surface area contributed by atoms with Crippen LogP contribution in [0.5, 0.6) is 0 Å². The molecule has 1 amide bonds. The third-order valence-electron chi connectivity index (χ3n) is 2.51. The van der Waals surface area contributed by atoms with E-state index in [4.69, 9.17) is 10.2 Å². The average molecular weight is 322 g/mol. The van der Waals surface area contributed by atoms with Crippen molar-refractivity contribution in [3.8, 4) is 0 Å². The monoisotopic (exact) mass is 322 g/mol. The van der Waals surface area contributed by atoms with Gasteiger partial charge in [0, 0.05) is 23.8 Å². The van der Waals surface area contributed by atoms with Gasteiger partial charge in [0.2, 0.25) is 10.0 Å². The zero-order valence-electron chi connectivity index (χ0n) is 9.45. The van der Waals surface area contributed by atoms with Crippen LogP contribution in [0.3, 0.4) is 0 Å². The lowest BCUT2D eigenvalue weighted by Crippen LogP contribution is -2.34. The van der Waals surface area contributed by atoms with E-state index in [1.807, 2.05) is 0 Å². The van der Waals surface area contributed by atoms with Gasteiger partial charge in [0.1, 0.15) is 4.21 Å². The highest BCUT2D eigenvalue weighted by atomic mass is 32.3. The van der Waals surface area contributed by atoms with Crippen molar-refractivity contribution >= 4 is 45.0 Å². The Kier molecular flexibility index (Phi) is 3.85. The van der Waals surface area contributed by atoms with E-state index in [2.05, 4.69) is 5.32 Å². The maximum atomic E-state index is 12.1. The number of Topliss-reactive ketones (excluding diaryl/α,β-unsaturated/α-hetero) is 1. The topological polar surface area (TPSA) is 127 Å². The van der Waals surface area contributed by atoms with Gasteiger partial charge in [0.25, 0.3) is 0 Å². The number of nitrogens with one attached hydrogen (secondary N) is 1. The number of carbonyl (C=O) groups is 2. The lowest BCUT2D eigenvalue weighted by molar-refractivity contribution is 0.0927. The van der Waals surface area contributed by atoms with Crippen LogP contribution in [-0.4, -0.2) is 37.7 Å². The minimum atomic E-state index is -3.82. The molecule has 0 aliphatic carbocycles. The molecule has 1 aliphatic heterocycles. The highest BCUT2D eigenvalue weighted by molar-refractivity contribution is 8.01. The molecular formula is C9H10N2O5S3. The van der Waals surface area contributed by atoms with Crippen molar-refractivity contribution in [3.05, 3.63) is 11.6 Å². The van der Waals surface area contributed by atoms with Crippen molar-refractivity contribution < 1.29 is 23.1 Å². The summed E-state index contributed by atoms with van der Waals surface area (Å²) in [4.78, 5) is 22.5. The molecule has 2 heterocycles. The van der Waals surface area contributed by atoms with Crippen molar-refractivity contribution in [3.63, 3.8) is 0 Å². The molecule has 1 unspecified atom stereocenters. The number of rotatable bonds is 3. The molecule has 0 aromatic carbocycles. The lowest BCUT2D eigenvalue weighted by atomic mass is 10.0. The minimum Gasteiger partial charge on any atom is -0.465 e. The van der Waals surface area contributed by atoms with Crippen molar-refractivity contribution in [2.45, 2.75) is 8.42 Å². The normalized spacial score (nSPS) is 19.0. The summed E-state index contributed by atoms with van der Waals surface area (Å²) in [5.41, 5.74) is 0.308. The van der Waals surface area contributed by atoms with E-state index >= 15 is 0 Å². The standard InChI is InChI=1S/C9H10N2O5S3/c10-19(15,16)6-1-5-7(12)4(2-11-9(13)14)3-17-8(5)18-6/h1,4,11H,2-3H2,(H,13,14)(H2,10,15,16). The first-order chi connectivity index (χ1) is 8.79. The highest BCUT2D eigenvalue weighted by Gasteiger charge is 2.31. The van der Waals surface area contributed by atoms with Crippen molar-refractivity contribution in [2.75, 3.05) is 12.3 Å². The third kappa shape index (κ3) is 3.08. The van der Waals surface area contributed by atoms with E-state index in [0.717, 1.165) is 11.3 Å². The van der Waals surface area contributed by atoms with Crippen molar-refractivity contribution in [1.29, 1.82) is 0 Å². The maximum absolute atomic E-state index is 12.1. The van der Waals surface area contributed by atoms with Crippen LogP contribution in [0.25, 0.3) is 0 Å². The number of nitrogens with two attached hydrogens (primary N) is 1. The minimum absolute atomic E-state index is 0.0150. The van der Waals surface area contributed by atoms with Crippen molar-refractivity contribution in [2.24, 2.45) is 11.1 Å². The molecule has 0 saturated carbocycles. The Morgan fingerprint density at radius 2 is 2.26 bits per heavy atom. The predicted octanol–water partition coefficient (Wildman–Crippen LogP) is 0.568. The largest absolute Gasteiger partial charge is 0.465 e. The molecule has 7 nitrogen and oxygen atoms in total. The Balaban J connectivity index is 2.24. The molecule has 0 radical (unpaired) electrons. The van der Waals surface area contributed by atoms with Crippen molar-refractivity contribution in [1.82, 2.24) is 5.32 Å². The fourth-order valence-corrected chi connectivity index (χ4v) is 5.04. The number of thiophene rings is 1. The molecule has 104 valence electrons. The van der Waals surface area contributed by atoms with Gasteiger partial charge in [0.15, 0.2) is 5.78 Å². The zero-order valence-corrected chi connectivity index (χ0v) is 11.9. The second kappa shape index (κ2) is 5.12. The molecule has 0 fully saturated rings. The molecule has 4 N–H and O–H groups in total. The smallest absolute Gasteiger partial charge is 0.404 e. The summed E-state index contributed by atoms with van der Waals surface area (Å²) in [5.74, 6) is -0.332. The first-order valence-electron chi connectivity index (χ1n) is 5.09. The van der Waals surface area contributed by atoms with E-state index in [9.17, 15) is 18.0 Å². The molecule has 1 aromatic heterocycles. The van der Waals surface area contributed by atoms with E-state index in [0.29, 0.717) is 15.5 Å². The summed E-state index contributed by atoms with van der Waals surface area (Å²) >= 11 is 2.30. The number of carboxylic acid groups (broad SMARTS) is 1. The first kappa shape index (κ1) is 14.3.